The van der Waals surface area contributed by atoms with Crippen molar-refractivity contribution >= 4 is 11.8 Å². The summed E-state index contributed by atoms with van der Waals surface area (Å²) in [5, 5.41) is 2.77. The molecule has 0 bridgehead atoms. The highest BCUT2D eigenvalue weighted by molar-refractivity contribution is 5.92. The Kier molecular flexibility index (Phi) is 3.97. The smallest absolute Gasteiger partial charge is 0.261 e. The van der Waals surface area contributed by atoms with Gasteiger partial charge in [-0.3, -0.25) is 9.59 Å². The molecule has 5 heteroatoms. The normalized spacial score (nSPS) is 17.6. The van der Waals surface area contributed by atoms with Gasteiger partial charge in [-0.05, 0) is 32.4 Å². The molecule has 0 aromatic heterocycles. The van der Waals surface area contributed by atoms with Crippen LogP contribution < -0.4 is 10.1 Å². The molecule has 108 valence electrons. The summed E-state index contributed by atoms with van der Waals surface area (Å²) >= 11 is 0. The molecule has 20 heavy (non-hydrogen) atoms. The topological polar surface area (TPSA) is 58.6 Å². The minimum atomic E-state index is -0.829. The molecule has 2 amide bonds. The average Bonchev–Trinajstić information content (AvgIpc) is 2.40. The molecular formula is C15H20N2O3. The predicted octanol–water partition coefficient (Wildman–Crippen LogP) is 1.11. The Hall–Kier alpha value is -2.04. The van der Waals surface area contributed by atoms with Gasteiger partial charge in [-0.25, -0.2) is 0 Å². The van der Waals surface area contributed by atoms with Crippen LogP contribution in [-0.4, -0.2) is 41.9 Å². The van der Waals surface area contributed by atoms with Gasteiger partial charge in [0, 0.05) is 13.1 Å². The lowest BCUT2D eigenvalue weighted by Gasteiger charge is -2.41. The number of amides is 2. The Morgan fingerprint density at radius 1 is 1.40 bits per heavy atom. The van der Waals surface area contributed by atoms with E-state index in [1.54, 1.807) is 18.7 Å². The van der Waals surface area contributed by atoms with Gasteiger partial charge in [0.25, 0.3) is 5.91 Å². The van der Waals surface area contributed by atoms with Crippen molar-refractivity contribution in [3.8, 4) is 5.75 Å². The summed E-state index contributed by atoms with van der Waals surface area (Å²) < 4.78 is 5.56. The third-order valence-electron chi connectivity index (χ3n) is 3.60. The number of nitrogens with one attached hydrogen (secondary N) is 1. The highest BCUT2D eigenvalue weighted by Gasteiger charge is 2.40. The van der Waals surface area contributed by atoms with Gasteiger partial charge < -0.3 is 15.0 Å². The van der Waals surface area contributed by atoms with Crippen LogP contribution in [0.15, 0.2) is 24.3 Å². The quantitative estimate of drug-likeness (QED) is 0.899. The molecule has 0 unspecified atom stereocenters. The first-order valence-corrected chi connectivity index (χ1v) is 6.70. The Labute approximate surface area is 118 Å². The number of ether oxygens (including phenoxy) is 1. The molecule has 1 N–H and O–H groups in total. The van der Waals surface area contributed by atoms with Crippen LogP contribution in [0.5, 0.6) is 5.75 Å². The SMILES string of the molecule is Cc1ccccc1OCC(=O)N1CCNC(=O)C1(C)C. The lowest BCUT2D eigenvalue weighted by molar-refractivity contribution is -0.150. The number of piperazine rings is 1. The average molecular weight is 276 g/mol. The van der Waals surface area contributed by atoms with Crippen LogP contribution in [0.3, 0.4) is 0 Å². The zero-order valence-electron chi connectivity index (χ0n) is 12.1. The third-order valence-corrected chi connectivity index (χ3v) is 3.60. The van der Waals surface area contributed by atoms with E-state index in [0.717, 1.165) is 5.56 Å². The van der Waals surface area contributed by atoms with Crippen molar-refractivity contribution in [2.24, 2.45) is 0 Å². The van der Waals surface area contributed by atoms with Crippen molar-refractivity contribution in [3.05, 3.63) is 29.8 Å². The second-order valence-corrected chi connectivity index (χ2v) is 5.41. The van der Waals surface area contributed by atoms with Crippen LogP contribution in [0, 0.1) is 6.92 Å². The van der Waals surface area contributed by atoms with E-state index in [1.165, 1.54) is 0 Å². The van der Waals surface area contributed by atoms with Crippen LogP contribution in [0.4, 0.5) is 0 Å². The Balaban J connectivity index is 2.02. The van der Waals surface area contributed by atoms with Gasteiger partial charge >= 0.3 is 0 Å². The van der Waals surface area contributed by atoms with Crippen molar-refractivity contribution in [1.82, 2.24) is 10.2 Å². The Morgan fingerprint density at radius 2 is 2.10 bits per heavy atom. The van der Waals surface area contributed by atoms with Crippen molar-refractivity contribution in [3.63, 3.8) is 0 Å². The lowest BCUT2D eigenvalue weighted by Crippen LogP contribution is -2.64. The lowest BCUT2D eigenvalue weighted by atomic mass is 9.99. The van der Waals surface area contributed by atoms with Crippen LogP contribution in [0.1, 0.15) is 19.4 Å². The first-order valence-electron chi connectivity index (χ1n) is 6.70. The summed E-state index contributed by atoms with van der Waals surface area (Å²) in [5.41, 5.74) is 0.153. The van der Waals surface area contributed by atoms with Gasteiger partial charge in [0.15, 0.2) is 6.61 Å². The van der Waals surface area contributed by atoms with Crippen molar-refractivity contribution in [2.45, 2.75) is 26.3 Å². The van der Waals surface area contributed by atoms with Crippen LogP contribution >= 0.6 is 0 Å². The number of carbonyl (C=O) groups is 2. The monoisotopic (exact) mass is 276 g/mol. The molecule has 1 fully saturated rings. The molecule has 0 radical (unpaired) electrons. The van der Waals surface area contributed by atoms with E-state index in [9.17, 15) is 9.59 Å². The molecule has 0 spiro atoms. The molecule has 2 rings (SSSR count). The van der Waals surface area contributed by atoms with Crippen molar-refractivity contribution in [1.29, 1.82) is 0 Å². The number of para-hydroxylation sites is 1. The van der Waals surface area contributed by atoms with E-state index in [4.69, 9.17) is 4.74 Å². The molecule has 5 nitrogen and oxygen atoms in total. The molecule has 1 aliphatic rings. The van der Waals surface area contributed by atoms with E-state index in [2.05, 4.69) is 5.32 Å². The molecule has 1 heterocycles. The maximum atomic E-state index is 12.3. The number of rotatable bonds is 3. The third kappa shape index (κ3) is 2.76. The molecule has 1 aromatic rings. The minimum absolute atomic E-state index is 0.0540. The number of aryl methyl sites for hydroxylation is 1. The second-order valence-electron chi connectivity index (χ2n) is 5.41. The summed E-state index contributed by atoms with van der Waals surface area (Å²) in [6.45, 7) is 6.35. The summed E-state index contributed by atoms with van der Waals surface area (Å²) in [7, 11) is 0. The zero-order chi connectivity index (χ0) is 14.8. The standard InChI is InChI=1S/C15H20N2O3/c1-11-6-4-5-7-12(11)20-10-13(18)17-9-8-16-14(19)15(17,2)3/h4-7H,8-10H2,1-3H3,(H,16,19). The van der Waals surface area contributed by atoms with Gasteiger partial charge in [-0.2, -0.15) is 0 Å². The number of hydrogen-bond donors (Lipinski definition) is 1. The molecule has 1 aliphatic heterocycles. The van der Waals surface area contributed by atoms with Gasteiger partial charge in [-0.1, -0.05) is 18.2 Å². The first-order chi connectivity index (χ1) is 9.43. The van der Waals surface area contributed by atoms with Crippen LogP contribution in [-0.2, 0) is 9.59 Å². The molecule has 0 aliphatic carbocycles. The van der Waals surface area contributed by atoms with E-state index in [-0.39, 0.29) is 18.4 Å². The van der Waals surface area contributed by atoms with E-state index >= 15 is 0 Å². The maximum absolute atomic E-state index is 12.3. The summed E-state index contributed by atoms with van der Waals surface area (Å²) in [4.78, 5) is 25.7. The molecule has 1 saturated heterocycles. The van der Waals surface area contributed by atoms with Gasteiger partial charge in [0.05, 0.1) is 0 Å². The number of benzene rings is 1. The van der Waals surface area contributed by atoms with Crippen molar-refractivity contribution in [2.75, 3.05) is 19.7 Å². The number of nitrogens with zero attached hydrogens (tertiary/aromatic N) is 1. The van der Waals surface area contributed by atoms with Crippen LogP contribution in [0.25, 0.3) is 0 Å². The first kappa shape index (κ1) is 14.4. The van der Waals surface area contributed by atoms with Crippen molar-refractivity contribution < 1.29 is 14.3 Å². The van der Waals surface area contributed by atoms with Gasteiger partial charge in [0.1, 0.15) is 11.3 Å². The summed E-state index contributed by atoms with van der Waals surface area (Å²) in [6, 6.07) is 7.54. The maximum Gasteiger partial charge on any atom is 0.261 e. The molecule has 1 aromatic carbocycles. The summed E-state index contributed by atoms with van der Waals surface area (Å²) in [5.74, 6) is 0.390. The van der Waals surface area contributed by atoms with E-state index < -0.39 is 5.54 Å². The van der Waals surface area contributed by atoms with Gasteiger partial charge in [-0.15, -0.1) is 0 Å². The predicted molar refractivity (Wildman–Crippen MR) is 75.5 cm³/mol. The largest absolute Gasteiger partial charge is 0.484 e. The van der Waals surface area contributed by atoms with E-state index in [1.807, 2.05) is 31.2 Å². The summed E-state index contributed by atoms with van der Waals surface area (Å²) in [6.07, 6.45) is 0. The Bertz CT molecular complexity index is 526. The van der Waals surface area contributed by atoms with Crippen LogP contribution in [0.2, 0.25) is 0 Å². The number of carbonyl (C=O) groups excluding carboxylic acids is 2. The highest BCUT2D eigenvalue weighted by Crippen LogP contribution is 2.19. The Morgan fingerprint density at radius 3 is 2.80 bits per heavy atom. The molecule has 0 saturated carbocycles. The zero-order valence-corrected chi connectivity index (χ0v) is 12.1. The number of hydrogen-bond acceptors (Lipinski definition) is 3. The molecule has 0 atom stereocenters. The van der Waals surface area contributed by atoms with E-state index in [0.29, 0.717) is 18.8 Å². The highest BCUT2D eigenvalue weighted by atomic mass is 16.5. The fraction of sp³-hybridized carbons (Fsp3) is 0.467. The van der Waals surface area contributed by atoms with Gasteiger partial charge in [0.2, 0.25) is 5.91 Å². The fourth-order valence-corrected chi connectivity index (χ4v) is 2.27. The minimum Gasteiger partial charge on any atom is -0.484 e. The second kappa shape index (κ2) is 5.53. The fourth-order valence-electron chi connectivity index (χ4n) is 2.27. The molecular weight excluding hydrogens is 256 g/mol.